The Kier molecular flexibility index (Phi) is 6.02. The van der Waals surface area contributed by atoms with Crippen molar-refractivity contribution in [2.75, 3.05) is 38.3 Å². The quantitative estimate of drug-likeness (QED) is 0.612. The molecule has 2 rings (SSSR count). The van der Waals surface area contributed by atoms with Gasteiger partial charge in [-0.25, -0.2) is 0 Å². The highest BCUT2D eigenvalue weighted by atomic mass is 16.5. The van der Waals surface area contributed by atoms with Gasteiger partial charge in [0.15, 0.2) is 0 Å². The summed E-state index contributed by atoms with van der Waals surface area (Å²) in [6.07, 6.45) is 6.42. The number of methoxy groups -OCH3 is 1. The van der Waals surface area contributed by atoms with Crippen LogP contribution in [0.1, 0.15) is 25.5 Å². The molecule has 20 heavy (non-hydrogen) atoms. The number of nitrogens with one attached hydrogen (secondary N) is 1. The molecule has 0 radical (unpaired) electrons. The Hall–Kier alpha value is -1.39. The van der Waals surface area contributed by atoms with Crippen molar-refractivity contribution in [1.29, 1.82) is 0 Å². The van der Waals surface area contributed by atoms with Gasteiger partial charge in [0.1, 0.15) is 0 Å². The first-order valence-electron chi connectivity index (χ1n) is 7.41. The summed E-state index contributed by atoms with van der Waals surface area (Å²) in [4.78, 5) is 6.82. The van der Waals surface area contributed by atoms with Gasteiger partial charge in [-0.2, -0.15) is 0 Å². The van der Waals surface area contributed by atoms with E-state index in [9.17, 15) is 0 Å². The van der Waals surface area contributed by atoms with Crippen molar-refractivity contribution in [2.45, 2.75) is 26.3 Å². The van der Waals surface area contributed by atoms with Crippen LogP contribution in [0.25, 0.3) is 0 Å². The van der Waals surface area contributed by atoms with Crippen molar-refractivity contribution in [1.82, 2.24) is 10.3 Å². The minimum absolute atomic E-state index is 0.760. The normalized spacial score (nSPS) is 15.3. The maximum Gasteiger partial charge on any atom is 0.0674 e. The summed E-state index contributed by atoms with van der Waals surface area (Å²) >= 11 is 0. The smallest absolute Gasteiger partial charge is 0.0674 e. The lowest BCUT2D eigenvalue weighted by atomic mass is 10.1. The Labute approximate surface area is 121 Å². The van der Waals surface area contributed by atoms with Crippen LogP contribution in [0.3, 0.4) is 0 Å². The molecule has 0 amide bonds. The van der Waals surface area contributed by atoms with Crippen LogP contribution >= 0.6 is 0 Å². The monoisotopic (exact) mass is 275 g/mol. The van der Waals surface area contributed by atoms with Crippen molar-refractivity contribution in [2.24, 2.45) is 0 Å². The summed E-state index contributed by atoms with van der Waals surface area (Å²) in [7, 11) is 1.76. The third kappa shape index (κ3) is 4.32. The van der Waals surface area contributed by atoms with Crippen molar-refractivity contribution in [3.05, 3.63) is 35.7 Å². The van der Waals surface area contributed by atoms with Crippen LogP contribution in [0.5, 0.6) is 0 Å². The van der Waals surface area contributed by atoms with Gasteiger partial charge in [-0.3, -0.25) is 4.98 Å². The van der Waals surface area contributed by atoms with Crippen molar-refractivity contribution in [3.8, 4) is 0 Å². The van der Waals surface area contributed by atoms with E-state index in [0.717, 1.165) is 51.3 Å². The third-order valence-electron chi connectivity index (χ3n) is 3.53. The first-order chi connectivity index (χ1) is 9.83. The molecule has 0 bridgehead atoms. The Morgan fingerprint density at radius 1 is 1.45 bits per heavy atom. The lowest BCUT2D eigenvalue weighted by Gasteiger charge is -2.28. The molecule has 0 saturated heterocycles. The molecule has 0 fully saturated rings. The highest BCUT2D eigenvalue weighted by Gasteiger charge is 2.12. The highest BCUT2D eigenvalue weighted by molar-refractivity contribution is 5.48. The highest BCUT2D eigenvalue weighted by Crippen LogP contribution is 2.20. The number of hydrogen-bond acceptors (Lipinski definition) is 4. The second-order valence-corrected chi connectivity index (χ2v) is 5.17. The fourth-order valence-corrected chi connectivity index (χ4v) is 2.41. The number of aromatic nitrogens is 1. The summed E-state index contributed by atoms with van der Waals surface area (Å²) in [5.41, 5.74) is 3.78. The maximum absolute atomic E-state index is 5.19. The number of hydrogen-bond donors (Lipinski definition) is 1. The molecule has 4 heteroatoms. The van der Waals surface area contributed by atoms with Crippen molar-refractivity contribution in [3.63, 3.8) is 0 Å². The van der Waals surface area contributed by atoms with Gasteiger partial charge in [-0.1, -0.05) is 13.0 Å². The molecule has 0 saturated carbocycles. The van der Waals surface area contributed by atoms with Gasteiger partial charge < -0.3 is 15.0 Å². The average Bonchev–Trinajstić information content (AvgIpc) is 2.49. The molecule has 2 heterocycles. The summed E-state index contributed by atoms with van der Waals surface area (Å²) < 4.78 is 5.19. The molecule has 1 N–H and O–H groups in total. The van der Waals surface area contributed by atoms with Crippen LogP contribution in [0.15, 0.2) is 30.0 Å². The molecule has 1 aromatic rings. The Morgan fingerprint density at radius 3 is 3.05 bits per heavy atom. The largest absolute Gasteiger partial charge is 0.380 e. The molecule has 0 spiro atoms. The topological polar surface area (TPSA) is 37.4 Å². The van der Waals surface area contributed by atoms with Gasteiger partial charge >= 0.3 is 0 Å². The first kappa shape index (κ1) is 15.0. The molecule has 1 aromatic heterocycles. The van der Waals surface area contributed by atoms with Crippen molar-refractivity contribution >= 4 is 5.69 Å². The summed E-state index contributed by atoms with van der Waals surface area (Å²) in [5.74, 6) is 0. The number of rotatable bonds is 7. The van der Waals surface area contributed by atoms with Crippen LogP contribution in [-0.2, 0) is 11.3 Å². The second kappa shape index (κ2) is 8.02. The fourth-order valence-electron chi connectivity index (χ4n) is 2.41. The zero-order valence-corrected chi connectivity index (χ0v) is 12.6. The Balaban J connectivity index is 1.94. The van der Waals surface area contributed by atoms with E-state index in [1.54, 1.807) is 7.11 Å². The molecule has 0 aromatic carbocycles. The molecular formula is C16H25N3O. The van der Waals surface area contributed by atoms with Gasteiger partial charge in [0.25, 0.3) is 0 Å². The number of anilines is 1. The minimum atomic E-state index is 0.760. The van der Waals surface area contributed by atoms with Crippen LogP contribution in [0.2, 0.25) is 0 Å². The Morgan fingerprint density at radius 2 is 2.35 bits per heavy atom. The van der Waals surface area contributed by atoms with E-state index < -0.39 is 0 Å². The van der Waals surface area contributed by atoms with Gasteiger partial charge in [0, 0.05) is 38.6 Å². The molecule has 110 valence electrons. The maximum atomic E-state index is 5.19. The molecule has 4 nitrogen and oxygen atoms in total. The zero-order chi connectivity index (χ0) is 14.2. The average molecular weight is 275 g/mol. The van der Waals surface area contributed by atoms with E-state index in [1.165, 1.54) is 11.3 Å². The van der Waals surface area contributed by atoms with E-state index in [1.807, 2.05) is 6.20 Å². The molecule has 1 aliphatic heterocycles. The van der Waals surface area contributed by atoms with E-state index in [2.05, 4.69) is 40.3 Å². The first-order valence-corrected chi connectivity index (χ1v) is 7.41. The van der Waals surface area contributed by atoms with E-state index in [0.29, 0.717) is 0 Å². The van der Waals surface area contributed by atoms with Gasteiger partial charge in [-0.05, 0) is 37.1 Å². The van der Waals surface area contributed by atoms with E-state index in [-0.39, 0.29) is 0 Å². The lowest BCUT2D eigenvalue weighted by molar-refractivity contribution is 0.222. The van der Waals surface area contributed by atoms with Gasteiger partial charge in [0.05, 0.1) is 12.3 Å². The molecule has 0 aliphatic carbocycles. The van der Waals surface area contributed by atoms with E-state index in [4.69, 9.17) is 4.74 Å². The van der Waals surface area contributed by atoms with Gasteiger partial charge in [-0.15, -0.1) is 0 Å². The van der Waals surface area contributed by atoms with Crippen LogP contribution < -0.4 is 10.2 Å². The summed E-state index contributed by atoms with van der Waals surface area (Å²) in [5, 5.41) is 3.40. The Bertz CT molecular complexity index is 445. The van der Waals surface area contributed by atoms with Gasteiger partial charge in [0.2, 0.25) is 0 Å². The second-order valence-electron chi connectivity index (χ2n) is 5.17. The predicted octanol–water partition coefficient (Wildman–Crippen LogP) is 2.36. The number of ether oxygens (including phenoxy) is 1. The molecule has 0 atom stereocenters. The number of nitrogens with zero attached hydrogens (tertiary/aromatic N) is 2. The summed E-state index contributed by atoms with van der Waals surface area (Å²) in [6.45, 7) is 6.84. The predicted molar refractivity (Wildman–Crippen MR) is 83.0 cm³/mol. The van der Waals surface area contributed by atoms with Crippen LogP contribution in [0, 0.1) is 0 Å². The zero-order valence-electron chi connectivity index (χ0n) is 12.6. The minimum Gasteiger partial charge on any atom is -0.380 e. The van der Waals surface area contributed by atoms with Crippen molar-refractivity contribution < 1.29 is 4.74 Å². The fraction of sp³-hybridized carbons (Fsp3) is 0.562. The lowest BCUT2D eigenvalue weighted by Crippen LogP contribution is -2.29. The SMILES string of the molecule is CCCNCc1cc(N2CC=C(COC)CC2)ccn1. The summed E-state index contributed by atoms with van der Waals surface area (Å²) in [6, 6.07) is 4.29. The number of pyridine rings is 1. The van der Waals surface area contributed by atoms with Crippen LogP contribution in [-0.4, -0.2) is 38.3 Å². The molecule has 1 aliphatic rings. The standard InChI is InChI=1S/C16H25N3O/c1-3-7-17-12-15-11-16(4-8-18-15)19-9-5-14(6-10-19)13-20-2/h4-5,8,11,17H,3,6-7,9-10,12-13H2,1-2H3. The molecule has 0 unspecified atom stereocenters. The van der Waals surface area contributed by atoms with Crippen LogP contribution in [0.4, 0.5) is 5.69 Å². The van der Waals surface area contributed by atoms with E-state index >= 15 is 0 Å². The third-order valence-corrected chi connectivity index (χ3v) is 3.53. The molecular weight excluding hydrogens is 250 g/mol.